The van der Waals surface area contributed by atoms with Crippen molar-refractivity contribution in [1.82, 2.24) is 14.9 Å². The van der Waals surface area contributed by atoms with Crippen molar-refractivity contribution in [2.75, 3.05) is 45.3 Å². The van der Waals surface area contributed by atoms with Gasteiger partial charge in [-0.15, -0.1) is 0 Å². The van der Waals surface area contributed by atoms with E-state index in [0.717, 1.165) is 32.7 Å². The predicted molar refractivity (Wildman–Crippen MR) is 69.5 cm³/mol. The van der Waals surface area contributed by atoms with Gasteiger partial charge in [0.25, 0.3) is 0 Å². The fourth-order valence-corrected chi connectivity index (χ4v) is 3.33. The zero-order valence-corrected chi connectivity index (χ0v) is 11.3. The molecule has 0 aliphatic carbocycles. The zero-order chi connectivity index (χ0) is 13.5. The van der Waals surface area contributed by atoms with Crippen LogP contribution in [0.15, 0.2) is 12.4 Å². The molecule has 1 spiro atoms. The second-order valence-electron chi connectivity index (χ2n) is 5.69. The molecule has 0 bridgehead atoms. The maximum atomic E-state index is 12.8. The molecule has 3 rings (SSSR count). The van der Waals surface area contributed by atoms with Crippen molar-refractivity contribution in [3.8, 4) is 0 Å². The van der Waals surface area contributed by atoms with E-state index in [1.165, 1.54) is 12.4 Å². The van der Waals surface area contributed by atoms with Gasteiger partial charge in [0.15, 0.2) is 5.82 Å². The van der Waals surface area contributed by atoms with Gasteiger partial charge in [-0.25, -0.2) is 14.4 Å². The number of methoxy groups -OCH3 is 1. The minimum Gasteiger partial charge on any atom is -0.384 e. The van der Waals surface area contributed by atoms with Crippen LogP contribution < -0.4 is 4.90 Å². The summed E-state index contributed by atoms with van der Waals surface area (Å²) in [4.78, 5) is 12.6. The van der Waals surface area contributed by atoms with Gasteiger partial charge >= 0.3 is 0 Å². The molecule has 19 heavy (non-hydrogen) atoms. The fraction of sp³-hybridized carbons (Fsp3) is 0.692. The molecule has 2 fully saturated rings. The lowest BCUT2D eigenvalue weighted by molar-refractivity contribution is 0.131. The van der Waals surface area contributed by atoms with Crippen molar-refractivity contribution in [3.05, 3.63) is 18.2 Å². The van der Waals surface area contributed by atoms with E-state index in [0.29, 0.717) is 11.9 Å². The van der Waals surface area contributed by atoms with E-state index >= 15 is 0 Å². The van der Waals surface area contributed by atoms with Crippen molar-refractivity contribution in [3.63, 3.8) is 0 Å². The highest BCUT2D eigenvalue weighted by Gasteiger charge is 2.52. The largest absolute Gasteiger partial charge is 0.384 e. The highest BCUT2D eigenvalue weighted by Crippen LogP contribution is 2.40. The summed E-state index contributed by atoms with van der Waals surface area (Å²) in [7, 11) is 3.92. The highest BCUT2D eigenvalue weighted by molar-refractivity contribution is 5.38. The van der Waals surface area contributed by atoms with Crippen LogP contribution in [0.2, 0.25) is 0 Å². The Morgan fingerprint density at radius 2 is 2.11 bits per heavy atom. The Morgan fingerprint density at radius 1 is 1.42 bits per heavy atom. The Kier molecular flexibility index (Phi) is 3.14. The van der Waals surface area contributed by atoms with Crippen molar-refractivity contribution in [2.45, 2.75) is 12.0 Å². The minimum absolute atomic E-state index is 0.223. The predicted octanol–water partition coefficient (Wildman–Crippen LogP) is 0.773. The summed E-state index contributed by atoms with van der Waals surface area (Å²) < 4.78 is 18.1. The molecule has 6 heteroatoms. The van der Waals surface area contributed by atoms with Crippen LogP contribution in [-0.4, -0.2) is 60.8 Å². The molecule has 1 aromatic rings. The molecule has 5 nitrogen and oxygen atoms in total. The Bertz CT molecular complexity index is 446. The molecule has 1 aromatic heterocycles. The first-order chi connectivity index (χ1) is 9.13. The van der Waals surface area contributed by atoms with E-state index in [1.807, 2.05) is 0 Å². The molecular weight excluding hydrogens is 247 g/mol. The Labute approximate surface area is 112 Å². The third kappa shape index (κ3) is 2.19. The van der Waals surface area contributed by atoms with Gasteiger partial charge in [-0.2, -0.15) is 0 Å². The molecule has 0 radical (unpaired) electrons. The fourth-order valence-electron chi connectivity index (χ4n) is 3.33. The number of halogens is 1. The number of ether oxygens (including phenoxy) is 1. The molecular formula is C13H19FN4O. The van der Waals surface area contributed by atoms with E-state index < -0.39 is 5.82 Å². The summed E-state index contributed by atoms with van der Waals surface area (Å²) in [5, 5.41) is 0. The maximum Gasteiger partial charge on any atom is 0.225 e. The van der Waals surface area contributed by atoms with E-state index in [2.05, 4.69) is 26.8 Å². The topological polar surface area (TPSA) is 41.5 Å². The lowest BCUT2D eigenvalue weighted by Crippen LogP contribution is -2.67. The van der Waals surface area contributed by atoms with Crippen molar-refractivity contribution in [2.24, 2.45) is 5.92 Å². The zero-order valence-electron chi connectivity index (χ0n) is 11.3. The van der Waals surface area contributed by atoms with E-state index in [1.54, 1.807) is 7.11 Å². The van der Waals surface area contributed by atoms with Crippen LogP contribution in [0.1, 0.15) is 6.42 Å². The number of hydrogen-bond donors (Lipinski definition) is 0. The minimum atomic E-state index is -0.392. The van der Waals surface area contributed by atoms with E-state index in [4.69, 9.17) is 4.74 Å². The van der Waals surface area contributed by atoms with Gasteiger partial charge in [0.2, 0.25) is 5.95 Å². The molecule has 2 saturated heterocycles. The quantitative estimate of drug-likeness (QED) is 0.808. The molecule has 0 N–H and O–H groups in total. The number of likely N-dealkylation sites (N-methyl/N-ethyl adjacent to an activating group) is 1. The number of anilines is 1. The van der Waals surface area contributed by atoms with Crippen molar-refractivity contribution in [1.29, 1.82) is 0 Å². The normalized spacial score (nSPS) is 25.8. The standard InChI is InChI=1S/C13H19FN4O/c1-17-6-10(7-19-2)3-13(17)8-18(9-13)12-15-4-11(14)5-16-12/h4-5,10H,3,6-9H2,1-2H3. The second-order valence-corrected chi connectivity index (χ2v) is 5.69. The van der Waals surface area contributed by atoms with Crippen LogP contribution >= 0.6 is 0 Å². The third-order valence-electron chi connectivity index (χ3n) is 4.27. The summed E-state index contributed by atoms with van der Waals surface area (Å²) in [6, 6.07) is 0. The van der Waals surface area contributed by atoms with Gasteiger partial charge in [-0.3, -0.25) is 4.90 Å². The lowest BCUT2D eigenvalue weighted by atomic mass is 9.85. The van der Waals surface area contributed by atoms with Gasteiger partial charge in [0, 0.05) is 26.7 Å². The van der Waals surface area contributed by atoms with Crippen LogP contribution in [0, 0.1) is 11.7 Å². The maximum absolute atomic E-state index is 12.8. The third-order valence-corrected chi connectivity index (χ3v) is 4.27. The second kappa shape index (κ2) is 4.68. The molecule has 2 aliphatic heterocycles. The number of rotatable bonds is 3. The van der Waals surface area contributed by atoms with Gasteiger partial charge in [0.05, 0.1) is 24.5 Å². The average Bonchev–Trinajstić information content (AvgIpc) is 2.66. The summed E-state index contributed by atoms with van der Waals surface area (Å²) in [5.74, 6) is 0.832. The SMILES string of the molecule is COCC1CN(C)C2(C1)CN(c1ncc(F)cn1)C2. The van der Waals surface area contributed by atoms with Crippen LogP contribution in [0.25, 0.3) is 0 Å². The van der Waals surface area contributed by atoms with Crippen molar-refractivity contribution >= 4 is 5.95 Å². The molecule has 0 aromatic carbocycles. The van der Waals surface area contributed by atoms with Crippen molar-refractivity contribution < 1.29 is 9.13 Å². The summed E-state index contributed by atoms with van der Waals surface area (Å²) in [6.07, 6.45) is 3.59. The van der Waals surface area contributed by atoms with Gasteiger partial charge in [0.1, 0.15) is 0 Å². The van der Waals surface area contributed by atoms with E-state index in [9.17, 15) is 4.39 Å². The van der Waals surface area contributed by atoms with Gasteiger partial charge in [-0.05, 0) is 19.4 Å². The number of aromatic nitrogens is 2. The first-order valence-corrected chi connectivity index (χ1v) is 6.56. The van der Waals surface area contributed by atoms with Crippen LogP contribution in [0.5, 0.6) is 0 Å². The molecule has 0 amide bonds. The summed E-state index contributed by atoms with van der Waals surface area (Å²) >= 11 is 0. The summed E-state index contributed by atoms with van der Waals surface area (Å²) in [6.45, 7) is 3.72. The molecule has 0 saturated carbocycles. The number of likely N-dealkylation sites (tertiary alicyclic amines) is 1. The van der Waals surface area contributed by atoms with Crippen LogP contribution in [0.4, 0.5) is 10.3 Å². The number of hydrogen-bond acceptors (Lipinski definition) is 5. The van der Waals surface area contributed by atoms with Crippen LogP contribution in [0.3, 0.4) is 0 Å². The Balaban J connectivity index is 1.64. The van der Waals surface area contributed by atoms with Gasteiger partial charge < -0.3 is 9.64 Å². The Hall–Kier alpha value is -1.27. The van der Waals surface area contributed by atoms with E-state index in [-0.39, 0.29) is 5.54 Å². The number of nitrogens with zero attached hydrogens (tertiary/aromatic N) is 4. The summed E-state index contributed by atoms with van der Waals surface area (Å²) in [5.41, 5.74) is 0.223. The first-order valence-electron chi connectivity index (χ1n) is 6.56. The molecule has 2 aliphatic rings. The molecule has 1 unspecified atom stereocenters. The molecule has 104 valence electrons. The average molecular weight is 266 g/mol. The smallest absolute Gasteiger partial charge is 0.225 e. The highest BCUT2D eigenvalue weighted by atomic mass is 19.1. The monoisotopic (exact) mass is 266 g/mol. The first kappa shape index (κ1) is 12.7. The van der Waals surface area contributed by atoms with Crippen LogP contribution in [-0.2, 0) is 4.74 Å². The molecule has 3 heterocycles. The molecule has 1 atom stereocenters. The lowest BCUT2D eigenvalue weighted by Gasteiger charge is -2.51. The Morgan fingerprint density at radius 3 is 2.74 bits per heavy atom. The van der Waals surface area contributed by atoms with Gasteiger partial charge in [-0.1, -0.05) is 0 Å².